The minimum atomic E-state index is -4.93. The number of phosphoric ester groups is 2. The molecule has 0 aromatic carbocycles. The molecule has 0 aliphatic rings. The van der Waals surface area contributed by atoms with Crippen LogP contribution >= 0.6 is 15.6 Å². The van der Waals surface area contributed by atoms with Crippen LogP contribution in [0.3, 0.4) is 0 Å². The molecule has 0 aliphatic carbocycles. The van der Waals surface area contributed by atoms with Crippen LogP contribution in [0.5, 0.6) is 0 Å². The van der Waals surface area contributed by atoms with Crippen molar-refractivity contribution >= 4 is 33.6 Å². The SMILES string of the molecule is CC/C=C\C/C=C\C/C=C\C/C=C\C/C=C\CCCC(=O)OCC(COP(=O)(O)OCC(O)COP(=O)(O)OCC(O)COC(=O)CCCCCCCCCCCCCCC/C=C\C/C=C\C/C=C\C/C=C\CCCCC)OC(=O)CCCCCCCCCCCCCCC. The van der Waals surface area contributed by atoms with E-state index in [1.807, 2.05) is 12.2 Å². The first kappa shape index (κ1) is 91.2. The Morgan fingerprint density at radius 2 is 0.568 bits per heavy atom. The van der Waals surface area contributed by atoms with Gasteiger partial charge in [-0.05, 0) is 103 Å². The number of carbonyl (C=O) groups is 3. The fourth-order valence-corrected chi connectivity index (χ4v) is 11.4. The van der Waals surface area contributed by atoms with Crippen LogP contribution in [0, 0.1) is 0 Å². The summed E-state index contributed by atoms with van der Waals surface area (Å²) in [5.74, 6) is -1.64. The minimum Gasteiger partial charge on any atom is -0.463 e. The highest BCUT2D eigenvalue weighted by Gasteiger charge is 2.29. The number of esters is 3. The largest absolute Gasteiger partial charge is 0.472 e. The van der Waals surface area contributed by atoms with Gasteiger partial charge in [-0.3, -0.25) is 32.5 Å². The molecule has 0 fully saturated rings. The monoisotopic (exact) mass is 1380 g/mol. The number of rotatable bonds is 70. The molecule has 5 unspecified atom stereocenters. The standard InChI is InChI=1S/C77H134O16P2/c1-4-7-10-13-16-19-22-25-27-29-30-31-32-33-34-35-36-37-38-39-40-42-44-46-48-51-54-57-60-63-75(80)87-66-72(78)67-89-94(83,84)90-68-73(79)69-91-95(85,86)92-71-74(93-77(82)65-62-59-56-53-50-45-24-21-18-15-12-9-6-3)70-88-76(81)64-61-58-55-52-49-47-43-41-28-26-23-20-17-14-11-8-5-2/h8,11,16-17,19-20,25-28,30-31,33-34,43,47,52,55,72-74,78-79H,4-7,9-10,12-15,18,21-24,29,32,35-42,44-46,48-51,53-54,56-71H2,1-3H3,(H,83,84)(H,85,86)/b11-8-,19-16-,20-17-,27-25-,28-26-,31-30-,34-33-,47-43-,55-52-. The molecule has 0 rings (SSSR count). The van der Waals surface area contributed by atoms with Crippen LogP contribution in [0.25, 0.3) is 0 Å². The van der Waals surface area contributed by atoms with Crippen molar-refractivity contribution in [3.05, 3.63) is 109 Å². The maximum Gasteiger partial charge on any atom is 0.472 e. The van der Waals surface area contributed by atoms with E-state index in [1.54, 1.807) is 0 Å². The van der Waals surface area contributed by atoms with Crippen molar-refractivity contribution in [3.63, 3.8) is 0 Å². The summed E-state index contributed by atoms with van der Waals surface area (Å²) in [5.41, 5.74) is 0. The summed E-state index contributed by atoms with van der Waals surface area (Å²) < 4.78 is 60.9. The normalized spacial score (nSPS) is 14.7. The van der Waals surface area contributed by atoms with Crippen LogP contribution in [0.1, 0.15) is 303 Å². The predicted octanol–water partition coefficient (Wildman–Crippen LogP) is 21.2. The topological polar surface area (TPSA) is 231 Å². The van der Waals surface area contributed by atoms with Gasteiger partial charge in [0.1, 0.15) is 25.4 Å². The van der Waals surface area contributed by atoms with Gasteiger partial charge < -0.3 is 34.2 Å². The summed E-state index contributed by atoms with van der Waals surface area (Å²) in [6, 6.07) is 0. The van der Waals surface area contributed by atoms with Gasteiger partial charge in [0, 0.05) is 19.3 Å². The van der Waals surface area contributed by atoms with Gasteiger partial charge in [0.05, 0.1) is 26.4 Å². The molecule has 548 valence electrons. The maximum absolute atomic E-state index is 12.9. The summed E-state index contributed by atoms with van der Waals surface area (Å²) in [5, 5.41) is 20.6. The fourth-order valence-electron chi connectivity index (χ4n) is 9.83. The Morgan fingerprint density at radius 1 is 0.305 bits per heavy atom. The Kier molecular flexibility index (Phi) is 67.3. The van der Waals surface area contributed by atoms with Gasteiger partial charge in [-0.15, -0.1) is 0 Å². The maximum atomic E-state index is 12.9. The molecule has 5 atom stereocenters. The summed E-state index contributed by atoms with van der Waals surface area (Å²) in [6.07, 6.45) is 80.2. The lowest BCUT2D eigenvalue weighted by atomic mass is 10.0. The predicted molar refractivity (Wildman–Crippen MR) is 390 cm³/mol. The van der Waals surface area contributed by atoms with Crippen LogP contribution < -0.4 is 0 Å². The molecule has 16 nitrogen and oxygen atoms in total. The van der Waals surface area contributed by atoms with Gasteiger partial charge in [-0.25, -0.2) is 9.13 Å². The second kappa shape index (κ2) is 70.1. The first-order chi connectivity index (χ1) is 46.2. The highest BCUT2D eigenvalue weighted by molar-refractivity contribution is 7.47. The molecule has 0 saturated heterocycles. The quantitative estimate of drug-likeness (QED) is 0.0146. The number of hydrogen-bond acceptors (Lipinski definition) is 14. The highest BCUT2D eigenvalue weighted by atomic mass is 31.2. The Morgan fingerprint density at radius 3 is 0.947 bits per heavy atom. The van der Waals surface area contributed by atoms with E-state index in [1.165, 1.54) is 135 Å². The fraction of sp³-hybridized carbons (Fsp3) is 0.727. The molecule has 0 radical (unpaired) electrons. The number of carbonyl (C=O) groups excluding carboxylic acids is 3. The molecule has 0 aromatic heterocycles. The van der Waals surface area contributed by atoms with E-state index in [4.69, 9.17) is 32.3 Å². The molecule has 95 heavy (non-hydrogen) atoms. The lowest BCUT2D eigenvalue weighted by molar-refractivity contribution is -0.161. The van der Waals surface area contributed by atoms with Crippen LogP contribution in [0.4, 0.5) is 0 Å². The third-order valence-electron chi connectivity index (χ3n) is 15.5. The first-order valence-electron chi connectivity index (χ1n) is 37.2. The van der Waals surface area contributed by atoms with Gasteiger partial charge >= 0.3 is 33.6 Å². The van der Waals surface area contributed by atoms with Gasteiger partial charge in [0.15, 0.2) is 6.10 Å². The van der Waals surface area contributed by atoms with Gasteiger partial charge in [0.2, 0.25) is 0 Å². The van der Waals surface area contributed by atoms with Crippen molar-refractivity contribution < 1.29 is 75.8 Å². The lowest BCUT2D eigenvalue weighted by Gasteiger charge is -2.21. The first-order valence-corrected chi connectivity index (χ1v) is 40.2. The summed E-state index contributed by atoms with van der Waals surface area (Å²) in [7, 11) is -9.79. The Balaban J connectivity index is 4.49. The highest BCUT2D eigenvalue weighted by Crippen LogP contribution is 2.45. The van der Waals surface area contributed by atoms with E-state index in [0.717, 1.165) is 103 Å². The zero-order valence-corrected chi connectivity index (χ0v) is 61.4. The Bertz CT molecular complexity index is 2170. The summed E-state index contributed by atoms with van der Waals surface area (Å²) in [4.78, 5) is 58.4. The van der Waals surface area contributed by atoms with Crippen molar-refractivity contribution in [2.75, 3.05) is 39.6 Å². The molecule has 0 heterocycles. The van der Waals surface area contributed by atoms with Crippen molar-refractivity contribution in [2.45, 2.75) is 322 Å². The molecule has 0 aromatic rings. The molecule has 0 aliphatic heterocycles. The van der Waals surface area contributed by atoms with E-state index in [0.29, 0.717) is 25.7 Å². The molecule has 0 amide bonds. The number of aliphatic hydroxyl groups is 2. The number of phosphoric acid groups is 2. The molecule has 0 bridgehead atoms. The van der Waals surface area contributed by atoms with E-state index < -0.39 is 91.5 Å². The van der Waals surface area contributed by atoms with Gasteiger partial charge in [0.25, 0.3) is 0 Å². The second-order valence-corrected chi connectivity index (χ2v) is 27.6. The van der Waals surface area contributed by atoms with Crippen LogP contribution in [-0.2, 0) is 55.8 Å². The molecular weight excluding hydrogens is 1240 g/mol. The number of ether oxygens (including phenoxy) is 3. The molecule has 4 N–H and O–H groups in total. The molecule has 0 saturated carbocycles. The Labute approximate surface area is 577 Å². The van der Waals surface area contributed by atoms with E-state index in [9.17, 15) is 43.5 Å². The minimum absolute atomic E-state index is 0.0928. The number of unbranched alkanes of at least 4 members (excludes halogenated alkanes) is 29. The average molecular weight is 1380 g/mol. The third kappa shape index (κ3) is 71.3. The lowest BCUT2D eigenvalue weighted by Crippen LogP contribution is -2.30. The number of aliphatic hydroxyl groups excluding tert-OH is 2. The van der Waals surface area contributed by atoms with Crippen molar-refractivity contribution in [2.24, 2.45) is 0 Å². The van der Waals surface area contributed by atoms with Crippen molar-refractivity contribution in [1.29, 1.82) is 0 Å². The zero-order chi connectivity index (χ0) is 69.5. The summed E-state index contributed by atoms with van der Waals surface area (Å²) >= 11 is 0. The number of allylic oxidation sites excluding steroid dienone is 18. The average Bonchev–Trinajstić information content (AvgIpc) is 1.83. The second-order valence-electron chi connectivity index (χ2n) is 24.7. The molecule has 0 spiro atoms. The van der Waals surface area contributed by atoms with Crippen LogP contribution in [-0.4, -0.2) is 95.9 Å². The zero-order valence-electron chi connectivity index (χ0n) is 59.6. The third-order valence-corrected chi connectivity index (χ3v) is 17.4. The van der Waals surface area contributed by atoms with Crippen molar-refractivity contribution in [1.82, 2.24) is 0 Å². The van der Waals surface area contributed by atoms with Crippen molar-refractivity contribution in [3.8, 4) is 0 Å². The van der Waals surface area contributed by atoms with Gasteiger partial charge in [-0.2, -0.15) is 0 Å². The smallest absolute Gasteiger partial charge is 0.463 e. The van der Waals surface area contributed by atoms with E-state index in [-0.39, 0.29) is 19.3 Å². The molecule has 18 heteroatoms. The van der Waals surface area contributed by atoms with Crippen LogP contribution in [0.15, 0.2) is 109 Å². The van der Waals surface area contributed by atoms with E-state index >= 15 is 0 Å². The summed E-state index contributed by atoms with van der Waals surface area (Å²) in [6.45, 7) is 2.48. The van der Waals surface area contributed by atoms with Crippen LogP contribution in [0.2, 0.25) is 0 Å². The Hall–Kier alpha value is -3.79. The molecular formula is C77H134O16P2. The number of hydrogen-bond donors (Lipinski definition) is 4. The van der Waals surface area contributed by atoms with E-state index in [2.05, 4.69) is 118 Å². The van der Waals surface area contributed by atoms with Gasteiger partial charge in [-0.1, -0.05) is 291 Å².